The molecule has 0 bridgehead atoms. The summed E-state index contributed by atoms with van der Waals surface area (Å²) in [6.45, 7) is 12.1. The van der Waals surface area contributed by atoms with E-state index in [0.717, 1.165) is 93.9 Å². The van der Waals surface area contributed by atoms with Crippen LogP contribution in [0.15, 0.2) is 60.2 Å². The summed E-state index contributed by atoms with van der Waals surface area (Å²) in [6, 6.07) is 18.8. The fourth-order valence-electron chi connectivity index (χ4n) is 10.0. The van der Waals surface area contributed by atoms with E-state index in [1.165, 1.54) is 35.2 Å². The van der Waals surface area contributed by atoms with Gasteiger partial charge in [-0.05, 0) is 121 Å². The van der Waals surface area contributed by atoms with Crippen molar-refractivity contribution in [1.29, 1.82) is 0 Å². The highest BCUT2D eigenvalue weighted by molar-refractivity contribution is 6.05. The molecule has 0 saturated carbocycles. The minimum atomic E-state index is -0.591. The molecule has 5 heterocycles. The molecule has 3 amide bonds. The number of nitrogens with zero attached hydrogens (tertiary/aromatic N) is 5. The SMILES string of the molecule is CC(C)CC1=C(c2ccc(N3CCC(CN4CCN(c5ccc6c(c5)CN([C@H]5CCC(=O)NC5=O)C6=O)CC4)CC3)cc2)c2ccc3n[nH]c(F)c3c2CCC1. The number of amides is 3. The first-order valence-corrected chi connectivity index (χ1v) is 20.7. The highest BCUT2D eigenvalue weighted by Crippen LogP contribution is 2.41. The van der Waals surface area contributed by atoms with Crippen LogP contribution < -0.4 is 15.1 Å². The van der Waals surface area contributed by atoms with E-state index in [4.69, 9.17) is 0 Å². The first kappa shape index (κ1) is 36.6. The predicted octanol–water partition coefficient (Wildman–Crippen LogP) is 6.69. The Labute approximate surface area is 328 Å². The van der Waals surface area contributed by atoms with E-state index >= 15 is 0 Å². The lowest BCUT2D eigenvalue weighted by Crippen LogP contribution is -2.52. The maximum absolute atomic E-state index is 15.0. The Hall–Kier alpha value is -5.03. The quantitative estimate of drug-likeness (QED) is 0.193. The van der Waals surface area contributed by atoms with E-state index in [1.54, 1.807) is 4.90 Å². The lowest BCUT2D eigenvalue weighted by molar-refractivity contribution is -0.136. The van der Waals surface area contributed by atoms with Crippen LogP contribution in [-0.2, 0) is 22.6 Å². The molecule has 11 heteroatoms. The van der Waals surface area contributed by atoms with Crippen LogP contribution >= 0.6 is 0 Å². The summed E-state index contributed by atoms with van der Waals surface area (Å²) in [7, 11) is 0. The zero-order valence-electron chi connectivity index (χ0n) is 32.6. The summed E-state index contributed by atoms with van der Waals surface area (Å²) < 4.78 is 15.0. The van der Waals surface area contributed by atoms with Gasteiger partial charge in [-0.2, -0.15) is 9.49 Å². The maximum Gasteiger partial charge on any atom is 0.255 e. The summed E-state index contributed by atoms with van der Waals surface area (Å²) >= 11 is 0. The van der Waals surface area contributed by atoms with Crippen molar-refractivity contribution in [3.05, 3.63) is 93.9 Å². The summed E-state index contributed by atoms with van der Waals surface area (Å²) in [5, 5.41) is 9.82. The number of aryl methyl sites for hydroxylation is 1. The largest absolute Gasteiger partial charge is 0.372 e. The third-order valence-corrected chi connectivity index (χ3v) is 12.9. The number of carbonyl (C=O) groups is 3. The van der Waals surface area contributed by atoms with Crippen molar-refractivity contribution in [3.63, 3.8) is 0 Å². The van der Waals surface area contributed by atoms with E-state index in [9.17, 15) is 18.8 Å². The molecule has 1 aromatic heterocycles. The van der Waals surface area contributed by atoms with Crippen LogP contribution in [-0.4, -0.2) is 89.6 Å². The number of H-pyrrole nitrogens is 1. The molecular formula is C45H52FN7O3. The molecule has 3 aromatic carbocycles. The average molecular weight is 758 g/mol. The molecule has 0 spiro atoms. The second-order valence-electron chi connectivity index (χ2n) is 17.0. The molecule has 292 valence electrons. The molecule has 1 atom stereocenters. The third-order valence-electron chi connectivity index (χ3n) is 12.9. The number of halogens is 1. The van der Waals surface area contributed by atoms with Crippen molar-refractivity contribution in [1.82, 2.24) is 25.3 Å². The van der Waals surface area contributed by atoms with Crippen LogP contribution in [0.3, 0.4) is 0 Å². The molecule has 3 saturated heterocycles. The van der Waals surface area contributed by atoms with Crippen molar-refractivity contribution in [2.24, 2.45) is 11.8 Å². The fourth-order valence-corrected chi connectivity index (χ4v) is 10.0. The van der Waals surface area contributed by atoms with Crippen LogP contribution in [0.25, 0.3) is 16.5 Å². The van der Waals surface area contributed by atoms with Gasteiger partial charge in [-0.25, -0.2) is 0 Å². The summed E-state index contributed by atoms with van der Waals surface area (Å²) in [5.74, 6) is 0.113. The van der Waals surface area contributed by atoms with Crippen LogP contribution in [0, 0.1) is 17.8 Å². The summed E-state index contributed by atoms with van der Waals surface area (Å²) in [6.07, 6.45) is 6.91. The van der Waals surface area contributed by atoms with Gasteiger partial charge in [-0.3, -0.25) is 29.7 Å². The van der Waals surface area contributed by atoms with Crippen molar-refractivity contribution >= 4 is 45.6 Å². The van der Waals surface area contributed by atoms with E-state index in [1.807, 2.05) is 18.2 Å². The molecule has 10 nitrogen and oxygen atoms in total. The molecule has 9 rings (SSSR count). The molecule has 56 heavy (non-hydrogen) atoms. The van der Waals surface area contributed by atoms with Gasteiger partial charge >= 0.3 is 0 Å². The van der Waals surface area contributed by atoms with Gasteiger partial charge in [0, 0.05) is 75.7 Å². The number of anilines is 2. The monoisotopic (exact) mass is 757 g/mol. The zero-order chi connectivity index (χ0) is 38.5. The number of benzene rings is 3. The number of piperazine rings is 1. The van der Waals surface area contributed by atoms with Crippen molar-refractivity contribution in [2.45, 2.75) is 77.8 Å². The van der Waals surface area contributed by atoms with Crippen molar-refractivity contribution in [2.75, 3.05) is 55.6 Å². The minimum Gasteiger partial charge on any atom is -0.372 e. The first-order chi connectivity index (χ1) is 27.2. The normalized spacial score (nSPS) is 21.2. The standard InChI is InChI=1S/C45H52FN7O3/c1-28(2)24-31-4-3-5-36-37(12-13-38-42(36)43(46)49-48-38)41(31)30-6-8-33(9-7-30)51-18-16-29(17-19-51)26-50-20-22-52(23-21-50)34-10-11-35-32(25-34)27-53(45(35)56)39-14-15-40(54)47-44(39)55/h6-13,25,28-29,39H,3-5,14-24,26-27H2,1-2H3,(H,48,49)(H,47,54,55)/t39-/m0/s1. The number of allylic oxidation sites excluding steroid dienone is 1. The van der Waals surface area contributed by atoms with E-state index in [2.05, 4.69) is 80.5 Å². The summed E-state index contributed by atoms with van der Waals surface area (Å²) in [4.78, 5) is 46.5. The maximum atomic E-state index is 15.0. The smallest absolute Gasteiger partial charge is 0.255 e. The molecule has 3 fully saturated rings. The number of aromatic nitrogens is 2. The second-order valence-corrected chi connectivity index (χ2v) is 17.0. The number of fused-ring (bicyclic) bond motifs is 4. The van der Waals surface area contributed by atoms with Gasteiger partial charge in [-0.15, -0.1) is 0 Å². The highest BCUT2D eigenvalue weighted by Gasteiger charge is 2.39. The molecule has 1 aliphatic carbocycles. The minimum absolute atomic E-state index is 0.126. The number of hydrogen-bond acceptors (Lipinski definition) is 7. The number of hydrogen-bond donors (Lipinski definition) is 2. The van der Waals surface area contributed by atoms with Crippen LogP contribution in [0.1, 0.15) is 91.4 Å². The van der Waals surface area contributed by atoms with Gasteiger partial charge in [0.05, 0.1) is 10.9 Å². The summed E-state index contributed by atoms with van der Waals surface area (Å²) in [5.41, 5.74) is 10.9. The molecule has 4 aliphatic heterocycles. The van der Waals surface area contributed by atoms with Gasteiger partial charge in [0.2, 0.25) is 17.8 Å². The molecular weight excluding hydrogens is 706 g/mol. The fraction of sp³-hybridized carbons (Fsp3) is 0.467. The molecule has 0 radical (unpaired) electrons. The predicted molar refractivity (Wildman–Crippen MR) is 217 cm³/mol. The van der Waals surface area contributed by atoms with Gasteiger partial charge in [-0.1, -0.05) is 37.6 Å². The Morgan fingerprint density at radius 3 is 2.30 bits per heavy atom. The number of nitrogens with one attached hydrogen (secondary N) is 2. The lowest BCUT2D eigenvalue weighted by atomic mass is 9.86. The number of carbonyl (C=O) groups excluding carboxylic acids is 3. The molecule has 5 aliphatic rings. The van der Waals surface area contributed by atoms with Crippen molar-refractivity contribution < 1.29 is 18.8 Å². The Morgan fingerprint density at radius 1 is 0.821 bits per heavy atom. The van der Waals surface area contributed by atoms with Gasteiger partial charge in [0.15, 0.2) is 0 Å². The number of rotatable bonds is 8. The first-order valence-electron chi connectivity index (χ1n) is 20.7. The van der Waals surface area contributed by atoms with Gasteiger partial charge < -0.3 is 14.7 Å². The highest BCUT2D eigenvalue weighted by atomic mass is 19.1. The zero-order valence-corrected chi connectivity index (χ0v) is 32.6. The van der Waals surface area contributed by atoms with Crippen LogP contribution in [0.5, 0.6) is 0 Å². The van der Waals surface area contributed by atoms with Gasteiger partial charge in [0.1, 0.15) is 6.04 Å². The molecule has 0 unspecified atom stereocenters. The van der Waals surface area contributed by atoms with Gasteiger partial charge in [0.25, 0.3) is 5.91 Å². The third kappa shape index (κ3) is 6.99. The van der Waals surface area contributed by atoms with Crippen LogP contribution in [0.4, 0.5) is 15.8 Å². The van der Waals surface area contributed by atoms with E-state index in [0.29, 0.717) is 41.3 Å². The number of imide groups is 1. The Morgan fingerprint density at radius 2 is 1.55 bits per heavy atom. The Kier molecular flexibility index (Phi) is 9.89. The average Bonchev–Trinajstić information content (AvgIpc) is 3.68. The number of piperidine rings is 2. The van der Waals surface area contributed by atoms with E-state index in [-0.39, 0.29) is 30.1 Å². The van der Waals surface area contributed by atoms with Crippen LogP contribution in [0.2, 0.25) is 0 Å². The molecule has 4 aromatic rings. The molecule has 2 N–H and O–H groups in total. The second kappa shape index (κ2) is 15.1. The number of aromatic amines is 1. The lowest BCUT2D eigenvalue weighted by Gasteiger charge is -2.40. The topological polar surface area (TPSA) is 105 Å². The Balaban J connectivity index is 0.799. The van der Waals surface area contributed by atoms with Crippen molar-refractivity contribution in [3.8, 4) is 0 Å². The van der Waals surface area contributed by atoms with E-state index < -0.39 is 6.04 Å². The Bertz CT molecular complexity index is 2190.